The van der Waals surface area contributed by atoms with Crippen molar-refractivity contribution >= 4 is 5.97 Å². The van der Waals surface area contributed by atoms with Gasteiger partial charge in [-0.25, -0.2) is 0 Å². The summed E-state index contributed by atoms with van der Waals surface area (Å²) in [5, 5.41) is 8.67. The van der Waals surface area contributed by atoms with Crippen LogP contribution in [0.5, 0.6) is 0 Å². The predicted molar refractivity (Wildman–Crippen MR) is 64.9 cm³/mol. The SMILES string of the molecule is Cc1cccc(CN(CC(=O)O)CC(F)(F)F)c1C. The van der Waals surface area contributed by atoms with Crippen molar-refractivity contribution in [1.29, 1.82) is 0 Å². The summed E-state index contributed by atoms with van der Waals surface area (Å²) < 4.78 is 37.2. The first-order valence-electron chi connectivity index (χ1n) is 5.75. The Hall–Kier alpha value is -1.56. The Labute approximate surface area is 109 Å². The molecule has 3 nitrogen and oxygen atoms in total. The Morgan fingerprint density at radius 2 is 1.95 bits per heavy atom. The van der Waals surface area contributed by atoms with Gasteiger partial charge >= 0.3 is 12.1 Å². The maximum Gasteiger partial charge on any atom is 0.401 e. The number of benzene rings is 1. The van der Waals surface area contributed by atoms with Crippen molar-refractivity contribution in [3.8, 4) is 0 Å². The van der Waals surface area contributed by atoms with E-state index in [4.69, 9.17) is 5.11 Å². The van der Waals surface area contributed by atoms with E-state index in [0.717, 1.165) is 16.0 Å². The minimum absolute atomic E-state index is 0.0284. The normalized spacial score (nSPS) is 11.9. The van der Waals surface area contributed by atoms with E-state index in [1.54, 1.807) is 12.1 Å². The maximum absolute atomic E-state index is 12.4. The van der Waals surface area contributed by atoms with E-state index in [9.17, 15) is 18.0 Å². The molecule has 1 aromatic rings. The Morgan fingerprint density at radius 3 is 2.47 bits per heavy atom. The molecule has 1 aromatic carbocycles. The number of rotatable bonds is 5. The van der Waals surface area contributed by atoms with Gasteiger partial charge in [0.25, 0.3) is 0 Å². The van der Waals surface area contributed by atoms with Crippen molar-refractivity contribution in [2.24, 2.45) is 0 Å². The van der Waals surface area contributed by atoms with E-state index in [0.29, 0.717) is 5.56 Å². The first-order valence-corrected chi connectivity index (χ1v) is 5.75. The third-order valence-corrected chi connectivity index (χ3v) is 2.87. The molecular weight excluding hydrogens is 259 g/mol. The fourth-order valence-electron chi connectivity index (χ4n) is 1.84. The second-order valence-electron chi connectivity index (χ2n) is 4.51. The van der Waals surface area contributed by atoms with Crippen LogP contribution in [-0.4, -0.2) is 35.2 Å². The number of alkyl halides is 3. The second kappa shape index (κ2) is 6.06. The number of carboxylic acid groups (broad SMARTS) is 1. The summed E-state index contributed by atoms with van der Waals surface area (Å²) in [6.45, 7) is 1.79. The Bertz CT molecular complexity index is 458. The zero-order valence-corrected chi connectivity index (χ0v) is 10.8. The van der Waals surface area contributed by atoms with Gasteiger partial charge in [0.15, 0.2) is 0 Å². The Balaban J connectivity index is 2.87. The van der Waals surface area contributed by atoms with Gasteiger partial charge in [0.05, 0.1) is 13.1 Å². The van der Waals surface area contributed by atoms with Crippen LogP contribution in [0.25, 0.3) is 0 Å². The zero-order chi connectivity index (χ0) is 14.6. The van der Waals surface area contributed by atoms with Crippen LogP contribution in [-0.2, 0) is 11.3 Å². The molecule has 0 aliphatic rings. The van der Waals surface area contributed by atoms with E-state index in [-0.39, 0.29) is 6.54 Å². The van der Waals surface area contributed by atoms with Crippen molar-refractivity contribution in [2.45, 2.75) is 26.6 Å². The summed E-state index contributed by atoms with van der Waals surface area (Å²) in [5.41, 5.74) is 2.57. The molecule has 1 N–H and O–H groups in total. The van der Waals surface area contributed by atoms with Gasteiger partial charge in [-0.3, -0.25) is 9.69 Å². The number of nitrogens with zero attached hydrogens (tertiary/aromatic N) is 1. The third-order valence-electron chi connectivity index (χ3n) is 2.87. The van der Waals surface area contributed by atoms with Crippen LogP contribution >= 0.6 is 0 Å². The number of aryl methyl sites for hydroxylation is 1. The summed E-state index contributed by atoms with van der Waals surface area (Å²) >= 11 is 0. The summed E-state index contributed by atoms with van der Waals surface area (Å²) in [5.74, 6) is -1.27. The summed E-state index contributed by atoms with van der Waals surface area (Å²) in [6, 6.07) is 5.34. The van der Waals surface area contributed by atoms with Crippen LogP contribution in [0.4, 0.5) is 13.2 Å². The minimum atomic E-state index is -4.41. The van der Waals surface area contributed by atoms with Crippen molar-refractivity contribution in [3.63, 3.8) is 0 Å². The number of hydrogen-bond acceptors (Lipinski definition) is 2. The lowest BCUT2D eigenvalue weighted by atomic mass is 10.0. The number of halogens is 3. The molecule has 0 saturated carbocycles. The molecule has 0 spiro atoms. The number of hydrogen-bond donors (Lipinski definition) is 1. The summed E-state index contributed by atoms with van der Waals surface area (Å²) in [6.07, 6.45) is -4.41. The molecule has 0 bridgehead atoms. The maximum atomic E-state index is 12.4. The molecule has 0 radical (unpaired) electrons. The highest BCUT2D eigenvalue weighted by molar-refractivity contribution is 5.69. The van der Waals surface area contributed by atoms with Gasteiger partial charge in [-0.2, -0.15) is 13.2 Å². The second-order valence-corrected chi connectivity index (χ2v) is 4.51. The molecule has 0 unspecified atom stereocenters. The van der Waals surface area contributed by atoms with Crippen LogP contribution in [0.1, 0.15) is 16.7 Å². The molecule has 19 heavy (non-hydrogen) atoms. The van der Waals surface area contributed by atoms with E-state index >= 15 is 0 Å². The van der Waals surface area contributed by atoms with Crippen molar-refractivity contribution in [1.82, 2.24) is 4.90 Å². The largest absolute Gasteiger partial charge is 0.480 e. The average molecular weight is 275 g/mol. The Morgan fingerprint density at radius 1 is 1.32 bits per heavy atom. The van der Waals surface area contributed by atoms with Crippen LogP contribution < -0.4 is 0 Å². The predicted octanol–water partition coefficient (Wildman–Crippen LogP) is 2.75. The highest BCUT2D eigenvalue weighted by atomic mass is 19.4. The van der Waals surface area contributed by atoms with Crippen molar-refractivity contribution in [3.05, 3.63) is 34.9 Å². The van der Waals surface area contributed by atoms with E-state index in [1.165, 1.54) is 0 Å². The molecule has 106 valence electrons. The van der Waals surface area contributed by atoms with Crippen LogP contribution in [0.15, 0.2) is 18.2 Å². The topological polar surface area (TPSA) is 40.5 Å². The third kappa shape index (κ3) is 5.30. The quantitative estimate of drug-likeness (QED) is 0.898. The standard InChI is InChI=1S/C13H16F3NO2/c1-9-4-3-5-11(10(9)2)6-17(7-12(18)19)8-13(14,15)16/h3-5H,6-8H2,1-2H3,(H,18,19). The number of carbonyl (C=O) groups is 1. The highest BCUT2D eigenvalue weighted by Crippen LogP contribution is 2.20. The molecule has 0 saturated heterocycles. The molecule has 0 aliphatic heterocycles. The molecule has 0 aliphatic carbocycles. The molecule has 0 atom stereocenters. The van der Waals surface area contributed by atoms with Gasteiger partial charge in [-0.15, -0.1) is 0 Å². The van der Waals surface area contributed by atoms with E-state index in [2.05, 4.69) is 0 Å². The fourth-order valence-corrected chi connectivity index (χ4v) is 1.84. The molecular formula is C13H16F3NO2. The molecule has 0 fully saturated rings. The lowest BCUT2D eigenvalue weighted by Gasteiger charge is -2.23. The first kappa shape index (κ1) is 15.5. The number of aliphatic carboxylic acids is 1. The van der Waals surface area contributed by atoms with Crippen molar-refractivity contribution in [2.75, 3.05) is 13.1 Å². The van der Waals surface area contributed by atoms with Crippen LogP contribution in [0.2, 0.25) is 0 Å². The van der Waals surface area contributed by atoms with Gasteiger partial charge in [-0.1, -0.05) is 18.2 Å². The lowest BCUT2D eigenvalue weighted by Crippen LogP contribution is -2.37. The summed E-state index contributed by atoms with van der Waals surface area (Å²) in [4.78, 5) is 11.5. The molecule has 0 heterocycles. The zero-order valence-electron chi connectivity index (χ0n) is 10.8. The number of carboxylic acids is 1. The van der Waals surface area contributed by atoms with E-state index in [1.807, 2.05) is 19.9 Å². The van der Waals surface area contributed by atoms with Gasteiger partial charge in [0.2, 0.25) is 0 Å². The monoisotopic (exact) mass is 275 g/mol. The Kier molecular flexibility index (Phi) is 4.94. The van der Waals surface area contributed by atoms with Crippen LogP contribution in [0.3, 0.4) is 0 Å². The fraction of sp³-hybridized carbons (Fsp3) is 0.462. The lowest BCUT2D eigenvalue weighted by molar-refractivity contribution is -0.154. The molecule has 0 amide bonds. The molecule has 0 aromatic heterocycles. The first-order chi connectivity index (χ1) is 8.69. The minimum Gasteiger partial charge on any atom is -0.480 e. The van der Waals surface area contributed by atoms with Crippen molar-refractivity contribution < 1.29 is 23.1 Å². The molecule has 1 rings (SSSR count). The average Bonchev–Trinajstić information content (AvgIpc) is 2.21. The van der Waals surface area contributed by atoms with Gasteiger partial charge in [0, 0.05) is 6.54 Å². The van der Waals surface area contributed by atoms with Crippen LogP contribution in [0, 0.1) is 13.8 Å². The molecule has 6 heteroatoms. The summed E-state index contributed by atoms with van der Waals surface area (Å²) in [7, 11) is 0. The highest BCUT2D eigenvalue weighted by Gasteiger charge is 2.31. The van der Waals surface area contributed by atoms with Gasteiger partial charge in [0.1, 0.15) is 0 Å². The van der Waals surface area contributed by atoms with Gasteiger partial charge in [-0.05, 0) is 30.5 Å². The van der Waals surface area contributed by atoms with E-state index < -0.39 is 25.2 Å². The van der Waals surface area contributed by atoms with Gasteiger partial charge < -0.3 is 5.11 Å². The smallest absolute Gasteiger partial charge is 0.401 e.